The van der Waals surface area contributed by atoms with Crippen molar-refractivity contribution in [1.82, 2.24) is 9.97 Å². The number of aryl methyl sites for hydroxylation is 1. The first-order valence-corrected chi connectivity index (χ1v) is 5.90. The number of hydrogen-bond donors (Lipinski definition) is 0. The van der Waals surface area contributed by atoms with Crippen molar-refractivity contribution in [3.63, 3.8) is 0 Å². The minimum Gasteiger partial charge on any atom is -0.462 e. The molecular weight excluding hydrogens is 258 g/mol. The van der Waals surface area contributed by atoms with Crippen molar-refractivity contribution < 1.29 is 23.0 Å². The Bertz CT molecular complexity index is 427. The molecule has 0 aliphatic rings. The third kappa shape index (κ3) is 5.25. The molecule has 0 radical (unpaired) electrons. The highest BCUT2D eigenvalue weighted by atomic mass is 19.3. The third-order valence-electron chi connectivity index (χ3n) is 2.24. The second kappa shape index (κ2) is 7.73. The van der Waals surface area contributed by atoms with Crippen LogP contribution in [0, 0.1) is 6.92 Å². The zero-order valence-electron chi connectivity index (χ0n) is 10.9. The Morgan fingerprint density at radius 1 is 1.47 bits per heavy atom. The van der Waals surface area contributed by atoms with Crippen LogP contribution in [0.4, 0.5) is 8.78 Å². The van der Waals surface area contributed by atoms with Gasteiger partial charge in [0.1, 0.15) is 12.4 Å². The molecule has 0 atom stereocenters. The normalized spacial score (nSPS) is 10.8. The molecule has 7 heteroatoms. The lowest BCUT2D eigenvalue weighted by molar-refractivity contribution is 0.0182. The maximum absolute atomic E-state index is 11.8. The molecule has 0 unspecified atom stereocenters. The molecule has 1 aromatic heterocycles. The Morgan fingerprint density at radius 3 is 2.79 bits per heavy atom. The molecule has 0 fully saturated rings. The van der Waals surface area contributed by atoms with Crippen molar-refractivity contribution in [2.45, 2.75) is 26.7 Å². The highest BCUT2D eigenvalue weighted by Crippen LogP contribution is 2.06. The van der Waals surface area contributed by atoms with Gasteiger partial charge in [0.2, 0.25) is 0 Å². The fourth-order valence-electron chi connectivity index (χ4n) is 1.38. The van der Waals surface area contributed by atoms with Crippen molar-refractivity contribution in [3.05, 3.63) is 23.3 Å². The van der Waals surface area contributed by atoms with E-state index in [1.807, 2.05) is 0 Å². The maximum atomic E-state index is 11.8. The van der Waals surface area contributed by atoms with Crippen LogP contribution in [0.3, 0.4) is 0 Å². The van der Waals surface area contributed by atoms with Crippen LogP contribution in [-0.2, 0) is 15.9 Å². The Labute approximate surface area is 110 Å². The average molecular weight is 274 g/mol. The molecule has 0 saturated carbocycles. The first kappa shape index (κ1) is 15.4. The highest BCUT2D eigenvalue weighted by molar-refractivity contribution is 5.90. The average Bonchev–Trinajstić information content (AvgIpc) is 2.34. The van der Waals surface area contributed by atoms with Gasteiger partial charge >= 0.3 is 5.97 Å². The first-order chi connectivity index (χ1) is 9.04. The largest absolute Gasteiger partial charge is 0.462 e. The van der Waals surface area contributed by atoms with E-state index in [0.29, 0.717) is 23.5 Å². The number of esters is 1. The number of carbonyl (C=O) groups excluding carboxylic acids is 1. The number of halogens is 2. The summed E-state index contributed by atoms with van der Waals surface area (Å²) in [5, 5.41) is 0. The molecule has 0 aromatic carbocycles. The second-order valence-corrected chi connectivity index (χ2v) is 3.72. The minimum atomic E-state index is -2.48. The van der Waals surface area contributed by atoms with Crippen LogP contribution < -0.4 is 0 Å². The molecule has 1 heterocycles. The van der Waals surface area contributed by atoms with Crippen LogP contribution >= 0.6 is 0 Å². The van der Waals surface area contributed by atoms with Gasteiger partial charge in [-0.25, -0.2) is 23.5 Å². The molecule has 0 N–H and O–H groups in total. The lowest BCUT2D eigenvalue weighted by Crippen LogP contribution is -2.12. The molecule has 0 saturated heterocycles. The Kier molecular flexibility index (Phi) is 6.27. The minimum absolute atomic E-state index is 0.114. The quantitative estimate of drug-likeness (QED) is 0.560. The van der Waals surface area contributed by atoms with Crippen molar-refractivity contribution in [1.29, 1.82) is 0 Å². The van der Waals surface area contributed by atoms with E-state index in [-0.39, 0.29) is 13.2 Å². The SMILES string of the molecule is CCOC(=O)c1cnc(CCOCC(F)F)nc1C. The summed E-state index contributed by atoms with van der Waals surface area (Å²) < 4.78 is 33.2. The number of rotatable bonds is 7. The van der Waals surface area contributed by atoms with E-state index in [0.717, 1.165) is 0 Å². The van der Waals surface area contributed by atoms with Gasteiger partial charge in [-0.2, -0.15) is 0 Å². The van der Waals surface area contributed by atoms with Crippen molar-refractivity contribution in [2.75, 3.05) is 19.8 Å². The predicted molar refractivity (Wildman–Crippen MR) is 63.3 cm³/mol. The predicted octanol–water partition coefficient (Wildman–Crippen LogP) is 1.79. The van der Waals surface area contributed by atoms with Crippen LogP contribution in [0.1, 0.15) is 28.8 Å². The van der Waals surface area contributed by atoms with Gasteiger partial charge in [0.25, 0.3) is 6.43 Å². The van der Waals surface area contributed by atoms with Crippen LogP contribution in [-0.4, -0.2) is 42.2 Å². The standard InChI is InChI=1S/C12H16F2N2O3/c1-3-19-12(17)9-6-15-11(16-8(9)2)4-5-18-7-10(13)14/h6,10H,3-5,7H2,1-2H3. The Morgan fingerprint density at radius 2 is 2.21 bits per heavy atom. The summed E-state index contributed by atoms with van der Waals surface area (Å²) in [6, 6.07) is 0. The van der Waals surface area contributed by atoms with Crippen molar-refractivity contribution >= 4 is 5.97 Å². The van der Waals surface area contributed by atoms with Gasteiger partial charge in [0.15, 0.2) is 0 Å². The lowest BCUT2D eigenvalue weighted by Gasteiger charge is -2.07. The summed E-state index contributed by atoms with van der Waals surface area (Å²) in [6.07, 6.45) is -0.784. The molecule has 1 aromatic rings. The second-order valence-electron chi connectivity index (χ2n) is 3.72. The van der Waals surface area contributed by atoms with Gasteiger partial charge in [0.05, 0.1) is 24.5 Å². The van der Waals surface area contributed by atoms with Gasteiger partial charge in [0, 0.05) is 12.6 Å². The van der Waals surface area contributed by atoms with E-state index >= 15 is 0 Å². The van der Waals surface area contributed by atoms with E-state index in [1.165, 1.54) is 6.20 Å². The van der Waals surface area contributed by atoms with Crippen LogP contribution in [0.25, 0.3) is 0 Å². The molecule has 0 bridgehead atoms. The van der Waals surface area contributed by atoms with Gasteiger partial charge in [-0.1, -0.05) is 0 Å². The number of nitrogens with zero attached hydrogens (tertiary/aromatic N) is 2. The lowest BCUT2D eigenvalue weighted by atomic mass is 10.2. The molecule has 0 spiro atoms. The van der Waals surface area contributed by atoms with E-state index in [4.69, 9.17) is 9.47 Å². The molecule has 0 aliphatic carbocycles. The summed E-state index contributed by atoms with van der Waals surface area (Å²) in [7, 11) is 0. The van der Waals surface area contributed by atoms with Crippen molar-refractivity contribution in [2.24, 2.45) is 0 Å². The number of carbonyl (C=O) groups is 1. The van der Waals surface area contributed by atoms with E-state index in [9.17, 15) is 13.6 Å². The van der Waals surface area contributed by atoms with Crippen LogP contribution in [0.15, 0.2) is 6.20 Å². The molecule has 106 valence electrons. The number of aromatic nitrogens is 2. The monoisotopic (exact) mass is 274 g/mol. The topological polar surface area (TPSA) is 61.3 Å². The number of ether oxygens (including phenoxy) is 2. The first-order valence-electron chi connectivity index (χ1n) is 5.90. The molecule has 19 heavy (non-hydrogen) atoms. The molecule has 1 rings (SSSR count). The van der Waals surface area contributed by atoms with Crippen molar-refractivity contribution in [3.8, 4) is 0 Å². The molecule has 0 aliphatic heterocycles. The summed E-state index contributed by atoms with van der Waals surface area (Å²) >= 11 is 0. The van der Waals surface area contributed by atoms with Gasteiger partial charge in [-0.15, -0.1) is 0 Å². The fraction of sp³-hybridized carbons (Fsp3) is 0.583. The Balaban J connectivity index is 2.54. The zero-order valence-corrected chi connectivity index (χ0v) is 10.9. The fourth-order valence-corrected chi connectivity index (χ4v) is 1.38. The number of hydrogen-bond acceptors (Lipinski definition) is 5. The number of alkyl halides is 2. The van der Waals surface area contributed by atoms with Gasteiger partial charge in [-0.3, -0.25) is 0 Å². The van der Waals surface area contributed by atoms with E-state index < -0.39 is 19.0 Å². The van der Waals surface area contributed by atoms with Crippen LogP contribution in [0.2, 0.25) is 0 Å². The van der Waals surface area contributed by atoms with Crippen LogP contribution in [0.5, 0.6) is 0 Å². The zero-order chi connectivity index (χ0) is 14.3. The summed E-state index contributed by atoms with van der Waals surface area (Å²) in [5.74, 6) is -0.0275. The maximum Gasteiger partial charge on any atom is 0.341 e. The van der Waals surface area contributed by atoms with E-state index in [1.54, 1.807) is 13.8 Å². The molecule has 5 nitrogen and oxygen atoms in total. The highest BCUT2D eigenvalue weighted by Gasteiger charge is 2.12. The molecule has 0 amide bonds. The van der Waals surface area contributed by atoms with E-state index in [2.05, 4.69) is 9.97 Å². The van der Waals surface area contributed by atoms with Gasteiger partial charge in [-0.05, 0) is 13.8 Å². The summed E-state index contributed by atoms with van der Waals surface area (Å²) in [6.45, 7) is 3.17. The van der Waals surface area contributed by atoms with Gasteiger partial charge < -0.3 is 9.47 Å². The summed E-state index contributed by atoms with van der Waals surface area (Å²) in [4.78, 5) is 19.6. The smallest absolute Gasteiger partial charge is 0.341 e. The Hall–Kier alpha value is -1.63. The summed E-state index contributed by atoms with van der Waals surface area (Å²) in [5.41, 5.74) is 0.802. The third-order valence-corrected chi connectivity index (χ3v) is 2.24. The molecular formula is C12H16F2N2O3.